The number of para-hydroxylation sites is 1. The third-order valence-corrected chi connectivity index (χ3v) is 9.70. The van der Waals surface area contributed by atoms with Crippen LogP contribution in [0.15, 0.2) is 82.6 Å². The molecule has 232 valence electrons. The van der Waals surface area contributed by atoms with Crippen LogP contribution in [0.25, 0.3) is 0 Å². The molecular formula is C31H24F3N3O6S2. The molecule has 14 heteroatoms. The summed E-state index contributed by atoms with van der Waals surface area (Å²) in [7, 11) is 0. The number of ether oxygens (including phenoxy) is 2. The van der Waals surface area contributed by atoms with Gasteiger partial charge in [-0.15, -0.1) is 0 Å². The van der Waals surface area contributed by atoms with Gasteiger partial charge < -0.3 is 19.8 Å². The third kappa shape index (κ3) is 5.94. The van der Waals surface area contributed by atoms with Gasteiger partial charge >= 0.3 is 11.0 Å². The number of nitrogens with one attached hydrogen (secondary N) is 2. The number of halogens is 3. The summed E-state index contributed by atoms with van der Waals surface area (Å²) in [6.45, 7) is 1.45. The van der Waals surface area contributed by atoms with Gasteiger partial charge in [-0.3, -0.25) is 19.2 Å². The lowest BCUT2D eigenvalue weighted by atomic mass is 9.83. The van der Waals surface area contributed by atoms with Crippen molar-refractivity contribution in [3.63, 3.8) is 0 Å². The zero-order chi connectivity index (χ0) is 31.9. The van der Waals surface area contributed by atoms with Crippen LogP contribution in [0.3, 0.4) is 0 Å². The molecule has 1 saturated heterocycles. The number of carbonyl (C=O) groups is 3. The number of hydrogen-bond donors (Lipinski definition) is 2. The number of carbonyl (C=O) groups excluding carboxylic acids is 3. The molecule has 1 fully saturated rings. The van der Waals surface area contributed by atoms with E-state index in [1.165, 1.54) is 28.8 Å². The SMILES string of the molecule is CCOc1cc([C@@H]2c3sc(=O)[nH]c3S[C@H]3C(=O)N(c4ccccc4)C(=O)[C@@H]23)ccc1OCC(=O)Nc1cccc(C(F)(F)F)c1. The van der Waals surface area contributed by atoms with Crippen LogP contribution in [0, 0.1) is 5.92 Å². The predicted octanol–water partition coefficient (Wildman–Crippen LogP) is 5.67. The molecule has 2 aliphatic rings. The molecule has 0 bridgehead atoms. The number of thioether (sulfide) groups is 1. The largest absolute Gasteiger partial charge is 0.490 e. The molecule has 0 saturated carbocycles. The van der Waals surface area contributed by atoms with E-state index in [0.717, 1.165) is 23.5 Å². The fourth-order valence-corrected chi connectivity index (χ4v) is 7.94. The minimum absolute atomic E-state index is 0.0369. The Labute approximate surface area is 262 Å². The Bertz CT molecular complexity index is 1840. The molecule has 0 spiro atoms. The number of imide groups is 1. The highest BCUT2D eigenvalue weighted by Crippen LogP contribution is 2.53. The summed E-state index contributed by atoms with van der Waals surface area (Å²) in [5.74, 6) is -2.48. The van der Waals surface area contributed by atoms with Gasteiger partial charge in [-0.25, -0.2) is 4.90 Å². The van der Waals surface area contributed by atoms with Crippen LogP contribution in [0.5, 0.6) is 11.5 Å². The number of H-pyrrole nitrogens is 1. The van der Waals surface area contributed by atoms with Gasteiger partial charge in [0.25, 0.3) is 5.91 Å². The van der Waals surface area contributed by atoms with E-state index in [2.05, 4.69) is 10.3 Å². The molecule has 3 atom stereocenters. The summed E-state index contributed by atoms with van der Waals surface area (Å²) in [6.07, 6.45) is -4.56. The molecule has 9 nitrogen and oxygen atoms in total. The maximum Gasteiger partial charge on any atom is 0.416 e. The number of aromatic amines is 1. The van der Waals surface area contributed by atoms with Crippen molar-refractivity contribution in [1.82, 2.24) is 4.98 Å². The average molecular weight is 656 g/mol. The topological polar surface area (TPSA) is 118 Å². The first kappa shape index (κ1) is 30.5. The fraction of sp³-hybridized carbons (Fsp3) is 0.226. The first-order valence-electron chi connectivity index (χ1n) is 13.7. The Morgan fingerprint density at radius 3 is 2.47 bits per heavy atom. The van der Waals surface area contributed by atoms with E-state index < -0.39 is 41.3 Å². The van der Waals surface area contributed by atoms with Crippen LogP contribution in [0.4, 0.5) is 24.5 Å². The summed E-state index contributed by atoms with van der Waals surface area (Å²) in [6, 6.07) is 17.8. The standard InChI is InChI=1S/C31H24F3N3O6S2/c1-2-42-21-13-16(11-12-20(21)43-15-22(38)35-18-8-6-7-17(14-18)31(32,33)34)23-24-26(44-27-25(23)45-30(41)36-27)29(40)37(28(24)39)19-9-4-3-5-10-19/h3-14,23-24,26H,2,15H2,1H3,(H,35,38)(H,36,41)/t23-,24-,26+/m0/s1. The van der Waals surface area contributed by atoms with Crippen molar-refractivity contribution in [2.24, 2.45) is 5.92 Å². The van der Waals surface area contributed by atoms with E-state index in [4.69, 9.17) is 9.47 Å². The molecule has 3 aromatic carbocycles. The van der Waals surface area contributed by atoms with Crippen molar-refractivity contribution >= 4 is 52.2 Å². The summed E-state index contributed by atoms with van der Waals surface area (Å²) >= 11 is 2.14. The number of fused-ring (bicyclic) bond motifs is 2. The van der Waals surface area contributed by atoms with Gasteiger partial charge in [0.05, 0.1) is 28.8 Å². The molecule has 0 radical (unpaired) electrons. The number of benzene rings is 3. The summed E-state index contributed by atoms with van der Waals surface area (Å²) < 4.78 is 50.6. The Morgan fingerprint density at radius 1 is 0.956 bits per heavy atom. The van der Waals surface area contributed by atoms with E-state index in [9.17, 15) is 32.3 Å². The van der Waals surface area contributed by atoms with Crippen molar-refractivity contribution in [3.8, 4) is 11.5 Å². The quantitative estimate of drug-likeness (QED) is 0.235. The highest BCUT2D eigenvalue weighted by molar-refractivity contribution is 8.00. The molecule has 3 amide bonds. The smallest absolute Gasteiger partial charge is 0.416 e. The maximum atomic E-state index is 13.9. The fourth-order valence-electron chi connectivity index (χ4n) is 5.43. The van der Waals surface area contributed by atoms with Crippen LogP contribution in [0.2, 0.25) is 0 Å². The second-order valence-corrected chi connectivity index (χ2v) is 12.3. The molecule has 1 aromatic heterocycles. The minimum atomic E-state index is -4.56. The zero-order valence-corrected chi connectivity index (χ0v) is 25.1. The number of amides is 3. The number of hydrogen-bond acceptors (Lipinski definition) is 8. The molecule has 45 heavy (non-hydrogen) atoms. The molecule has 0 aliphatic carbocycles. The van der Waals surface area contributed by atoms with Crippen molar-refractivity contribution in [2.45, 2.75) is 29.3 Å². The van der Waals surface area contributed by atoms with Crippen LogP contribution in [-0.4, -0.2) is 41.2 Å². The molecule has 2 aliphatic heterocycles. The number of nitrogens with zero attached hydrogens (tertiary/aromatic N) is 1. The lowest BCUT2D eigenvalue weighted by Gasteiger charge is -2.30. The third-order valence-electron chi connectivity index (χ3n) is 7.30. The number of thiazole rings is 1. The van der Waals surface area contributed by atoms with Gasteiger partial charge in [0, 0.05) is 16.5 Å². The van der Waals surface area contributed by atoms with Crippen molar-refractivity contribution in [3.05, 3.63) is 98.5 Å². The number of anilines is 2. The monoisotopic (exact) mass is 655 g/mol. The van der Waals surface area contributed by atoms with Crippen molar-refractivity contribution in [1.29, 1.82) is 0 Å². The van der Waals surface area contributed by atoms with E-state index in [-0.39, 0.29) is 40.5 Å². The average Bonchev–Trinajstić information content (AvgIpc) is 3.50. The summed E-state index contributed by atoms with van der Waals surface area (Å²) in [5, 5.41) is 2.14. The van der Waals surface area contributed by atoms with E-state index in [0.29, 0.717) is 21.2 Å². The molecule has 2 N–H and O–H groups in total. The van der Waals surface area contributed by atoms with E-state index in [1.807, 2.05) is 0 Å². The zero-order valence-electron chi connectivity index (χ0n) is 23.4. The summed E-state index contributed by atoms with van der Waals surface area (Å²) in [5.41, 5.74) is 0.121. The van der Waals surface area contributed by atoms with Crippen LogP contribution >= 0.6 is 23.1 Å². The first-order valence-corrected chi connectivity index (χ1v) is 15.4. The molecule has 0 unspecified atom stereocenters. The van der Waals surface area contributed by atoms with E-state index >= 15 is 0 Å². The van der Waals surface area contributed by atoms with Crippen LogP contribution in [-0.2, 0) is 20.6 Å². The second-order valence-electron chi connectivity index (χ2n) is 10.2. The van der Waals surface area contributed by atoms with Crippen LogP contribution in [0.1, 0.15) is 28.8 Å². The minimum Gasteiger partial charge on any atom is -0.490 e. The van der Waals surface area contributed by atoms with Crippen LogP contribution < -0.4 is 24.6 Å². The maximum absolute atomic E-state index is 13.9. The highest BCUT2D eigenvalue weighted by Gasteiger charge is 2.56. The van der Waals surface area contributed by atoms with Gasteiger partial charge in [-0.2, -0.15) is 13.2 Å². The lowest BCUT2D eigenvalue weighted by Crippen LogP contribution is -2.32. The molecule has 3 heterocycles. The van der Waals surface area contributed by atoms with Gasteiger partial charge in [0.1, 0.15) is 5.25 Å². The summed E-state index contributed by atoms with van der Waals surface area (Å²) in [4.78, 5) is 56.7. The Kier molecular flexibility index (Phi) is 8.18. The first-order chi connectivity index (χ1) is 21.5. The normalized spacial score (nSPS) is 19.2. The van der Waals surface area contributed by atoms with Gasteiger partial charge in [0.15, 0.2) is 18.1 Å². The Balaban J connectivity index is 1.28. The van der Waals surface area contributed by atoms with Gasteiger partial charge in [-0.05, 0) is 55.0 Å². The number of aromatic nitrogens is 1. The highest BCUT2D eigenvalue weighted by atomic mass is 32.2. The molecule has 6 rings (SSSR count). The van der Waals surface area contributed by atoms with E-state index in [1.54, 1.807) is 55.5 Å². The van der Waals surface area contributed by atoms with Gasteiger partial charge in [0.2, 0.25) is 11.8 Å². The number of alkyl halides is 3. The number of rotatable bonds is 8. The van der Waals surface area contributed by atoms with Gasteiger partial charge in [-0.1, -0.05) is 53.4 Å². The predicted molar refractivity (Wildman–Crippen MR) is 162 cm³/mol. The molecule has 4 aromatic rings. The Hall–Kier alpha value is -4.56. The Morgan fingerprint density at radius 2 is 1.73 bits per heavy atom. The lowest BCUT2D eigenvalue weighted by molar-refractivity contribution is -0.137. The molecular weight excluding hydrogens is 631 g/mol. The van der Waals surface area contributed by atoms with Crippen molar-refractivity contribution in [2.75, 3.05) is 23.4 Å². The van der Waals surface area contributed by atoms with Crippen molar-refractivity contribution < 1.29 is 37.0 Å². The second kappa shape index (κ2) is 12.1.